The van der Waals surface area contributed by atoms with E-state index in [9.17, 15) is 24.6 Å². The van der Waals surface area contributed by atoms with Crippen LogP contribution in [-0.4, -0.2) is 63.8 Å². The van der Waals surface area contributed by atoms with Gasteiger partial charge in [-0.2, -0.15) is 0 Å². The smallest absolute Gasteiger partial charge is 0.408 e. The van der Waals surface area contributed by atoms with E-state index in [0.717, 1.165) is 0 Å². The molecule has 0 unspecified atom stereocenters. The molecule has 186 valence electrons. The molecule has 0 aliphatic carbocycles. The maximum atomic E-state index is 12.0. The van der Waals surface area contributed by atoms with E-state index < -0.39 is 41.2 Å². The van der Waals surface area contributed by atoms with E-state index in [1.165, 1.54) is 0 Å². The molecular formula is C23H35NO9. The van der Waals surface area contributed by atoms with Crippen LogP contribution in [0, 0.1) is 5.92 Å². The van der Waals surface area contributed by atoms with Gasteiger partial charge in [0.15, 0.2) is 11.5 Å². The monoisotopic (exact) mass is 469 g/mol. The number of rotatable bonds is 11. The first kappa shape index (κ1) is 28.0. The Hall–Kier alpha value is -3.01. The summed E-state index contributed by atoms with van der Waals surface area (Å²) in [5.74, 6) is -2.90. The summed E-state index contributed by atoms with van der Waals surface area (Å²) in [4.78, 5) is 35.5. The van der Waals surface area contributed by atoms with Gasteiger partial charge >= 0.3 is 18.0 Å². The number of aliphatic hydroxyl groups excluding tert-OH is 1. The molecule has 1 aromatic carbocycles. The lowest BCUT2D eigenvalue weighted by atomic mass is 9.92. The van der Waals surface area contributed by atoms with E-state index in [1.807, 2.05) is 20.8 Å². The van der Waals surface area contributed by atoms with E-state index >= 15 is 0 Å². The Kier molecular flexibility index (Phi) is 9.97. The molecule has 0 radical (unpaired) electrons. The Balaban J connectivity index is 3.07. The summed E-state index contributed by atoms with van der Waals surface area (Å²) in [6, 6.07) is 3.44. The molecule has 1 aromatic rings. The van der Waals surface area contributed by atoms with Crippen molar-refractivity contribution in [3.05, 3.63) is 23.8 Å². The van der Waals surface area contributed by atoms with Gasteiger partial charge in [-0.05, 0) is 72.1 Å². The molecule has 0 aliphatic heterocycles. The number of nitrogens with one attached hydrogen (secondary N) is 1. The fourth-order valence-corrected chi connectivity index (χ4v) is 2.88. The highest BCUT2D eigenvalue weighted by atomic mass is 16.6. The topological polar surface area (TPSA) is 152 Å². The van der Waals surface area contributed by atoms with Crippen molar-refractivity contribution in [2.24, 2.45) is 5.92 Å². The lowest BCUT2D eigenvalue weighted by Crippen LogP contribution is -2.45. The molecule has 33 heavy (non-hydrogen) atoms. The summed E-state index contributed by atoms with van der Waals surface area (Å²) in [5, 5.41) is 30.4. The summed E-state index contributed by atoms with van der Waals surface area (Å²) < 4.78 is 16.5. The van der Waals surface area contributed by atoms with Crippen LogP contribution in [0.15, 0.2) is 18.2 Å². The van der Waals surface area contributed by atoms with Crippen LogP contribution in [0.3, 0.4) is 0 Å². The molecule has 1 rings (SSSR count). The highest BCUT2D eigenvalue weighted by Gasteiger charge is 2.30. The van der Waals surface area contributed by atoms with Gasteiger partial charge in [0.05, 0.1) is 12.5 Å². The van der Waals surface area contributed by atoms with Crippen molar-refractivity contribution in [1.82, 2.24) is 5.32 Å². The zero-order chi connectivity index (χ0) is 25.4. The van der Waals surface area contributed by atoms with Gasteiger partial charge in [-0.25, -0.2) is 9.59 Å². The second-order valence-electron chi connectivity index (χ2n) is 9.58. The SMILES string of the molecule is CC(C)(C)OC(=O)N[C@@H](C[C@H](Cc1ccc(OCCO)c(OC(C)(C)C)c1)C(=O)O)C(=O)O. The predicted molar refractivity (Wildman–Crippen MR) is 120 cm³/mol. The van der Waals surface area contributed by atoms with E-state index in [2.05, 4.69) is 5.32 Å². The first-order chi connectivity index (χ1) is 15.1. The lowest BCUT2D eigenvalue weighted by molar-refractivity contribution is -0.144. The molecule has 0 aliphatic rings. The van der Waals surface area contributed by atoms with Gasteiger partial charge in [-0.15, -0.1) is 0 Å². The van der Waals surface area contributed by atoms with E-state index in [-0.39, 0.29) is 26.1 Å². The number of benzene rings is 1. The Bertz CT molecular complexity index is 824. The Labute approximate surface area is 193 Å². The van der Waals surface area contributed by atoms with Gasteiger partial charge in [0.25, 0.3) is 0 Å². The minimum atomic E-state index is -1.45. The number of carbonyl (C=O) groups excluding carboxylic acids is 1. The van der Waals surface area contributed by atoms with Crippen LogP contribution < -0.4 is 14.8 Å². The highest BCUT2D eigenvalue weighted by Crippen LogP contribution is 2.32. The summed E-state index contributed by atoms with van der Waals surface area (Å²) in [5.41, 5.74) is -0.810. The normalized spacial score (nSPS) is 13.5. The zero-order valence-electron chi connectivity index (χ0n) is 20.0. The molecule has 0 saturated carbocycles. The first-order valence-electron chi connectivity index (χ1n) is 10.6. The average Bonchev–Trinajstić information content (AvgIpc) is 2.63. The third-order valence-electron chi connectivity index (χ3n) is 4.11. The van der Waals surface area contributed by atoms with Crippen molar-refractivity contribution in [3.8, 4) is 11.5 Å². The second kappa shape index (κ2) is 11.7. The number of carboxylic acid groups (broad SMARTS) is 2. The standard InChI is InChI=1S/C23H35NO9/c1-22(2,3)32-18-12-14(7-8-17(18)31-10-9-25)11-15(19(26)27)13-16(20(28)29)24-21(30)33-23(4,5)6/h7-8,12,15-16,25H,9-11,13H2,1-6H3,(H,24,30)(H,26,27)(H,28,29)/t15-,16-/m0/s1. The van der Waals surface area contributed by atoms with Gasteiger partial charge < -0.3 is 34.8 Å². The van der Waals surface area contributed by atoms with Gasteiger partial charge in [-0.3, -0.25) is 4.79 Å². The van der Waals surface area contributed by atoms with Crippen LogP contribution in [0.4, 0.5) is 4.79 Å². The molecule has 10 heteroatoms. The number of hydrogen-bond acceptors (Lipinski definition) is 7. The van der Waals surface area contributed by atoms with Crippen molar-refractivity contribution in [2.45, 2.75) is 71.6 Å². The largest absolute Gasteiger partial charge is 0.487 e. The molecule has 0 aromatic heterocycles. The van der Waals surface area contributed by atoms with Crippen LogP contribution in [0.2, 0.25) is 0 Å². The summed E-state index contributed by atoms with van der Waals surface area (Å²) >= 11 is 0. The molecule has 0 spiro atoms. The molecule has 10 nitrogen and oxygen atoms in total. The number of hydrogen-bond donors (Lipinski definition) is 4. The average molecular weight is 470 g/mol. The Morgan fingerprint density at radius 3 is 2.09 bits per heavy atom. The molecule has 0 saturated heterocycles. The van der Waals surface area contributed by atoms with Crippen LogP contribution in [0.25, 0.3) is 0 Å². The van der Waals surface area contributed by atoms with E-state index in [1.54, 1.807) is 39.0 Å². The van der Waals surface area contributed by atoms with Crippen molar-refractivity contribution in [3.63, 3.8) is 0 Å². The van der Waals surface area contributed by atoms with Crippen LogP contribution in [0.5, 0.6) is 11.5 Å². The second-order valence-corrected chi connectivity index (χ2v) is 9.58. The van der Waals surface area contributed by atoms with Crippen LogP contribution in [-0.2, 0) is 20.7 Å². The van der Waals surface area contributed by atoms with Gasteiger partial charge in [0, 0.05) is 0 Å². The van der Waals surface area contributed by atoms with Gasteiger partial charge in [0.2, 0.25) is 0 Å². The fraction of sp³-hybridized carbons (Fsp3) is 0.609. The molecule has 2 atom stereocenters. The number of carbonyl (C=O) groups is 3. The number of carboxylic acids is 2. The zero-order valence-corrected chi connectivity index (χ0v) is 20.0. The van der Waals surface area contributed by atoms with Crippen LogP contribution >= 0.6 is 0 Å². The highest BCUT2D eigenvalue weighted by molar-refractivity contribution is 5.81. The van der Waals surface area contributed by atoms with Crippen LogP contribution in [0.1, 0.15) is 53.5 Å². The van der Waals surface area contributed by atoms with Crippen molar-refractivity contribution >= 4 is 18.0 Å². The molecule has 1 amide bonds. The molecule has 0 heterocycles. The minimum Gasteiger partial charge on any atom is -0.487 e. The summed E-state index contributed by atoms with van der Waals surface area (Å²) in [7, 11) is 0. The van der Waals surface area contributed by atoms with Crippen molar-refractivity contribution < 1.29 is 43.9 Å². The predicted octanol–water partition coefficient (Wildman–Crippen LogP) is 2.85. The van der Waals surface area contributed by atoms with Gasteiger partial charge in [-0.1, -0.05) is 6.07 Å². The van der Waals surface area contributed by atoms with E-state index in [0.29, 0.717) is 17.1 Å². The lowest BCUT2D eigenvalue weighted by Gasteiger charge is -2.25. The quantitative estimate of drug-likeness (QED) is 0.383. The minimum absolute atomic E-state index is 0.00407. The number of ether oxygens (including phenoxy) is 3. The number of alkyl carbamates (subject to hydrolysis) is 1. The maximum Gasteiger partial charge on any atom is 0.408 e. The molecule has 0 bridgehead atoms. The number of amides is 1. The summed E-state index contributed by atoms with van der Waals surface area (Å²) in [6.07, 6.45) is -1.29. The molecule has 0 fully saturated rings. The van der Waals surface area contributed by atoms with E-state index in [4.69, 9.17) is 19.3 Å². The fourth-order valence-electron chi connectivity index (χ4n) is 2.88. The first-order valence-corrected chi connectivity index (χ1v) is 10.6. The van der Waals surface area contributed by atoms with Crippen molar-refractivity contribution in [2.75, 3.05) is 13.2 Å². The maximum absolute atomic E-state index is 12.0. The summed E-state index contributed by atoms with van der Waals surface area (Å²) in [6.45, 7) is 10.3. The van der Waals surface area contributed by atoms with Crippen molar-refractivity contribution in [1.29, 1.82) is 0 Å². The third kappa shape index (κ3) is 10.9. The van der Waals surface area contributed by atoms with Gasteiger partial charge in [0.1, 0.15) is 23.9 Å². The number of aliphatic hydroxyl groups is 1. The Morgan fingerprint density at radius 1 is 0.970 bits per heavy atom. The molecule has 4 N–H and O–H groups in total. The Morgan fingerprint density at radius 2 is 1.61 bits per heavy atom. The third-order valence-corrected chi connectivity index (χ3v) is 4.11. The molecular weight excluding hydrogens is 434 g/mol. The number of aliphatic carboxylic acids is 2.